The quantitative estimate of drug-likeness (QED) is 0.131. The number of aliphatic hydroxyl groups excluding tert-OH is 7. The van der Waals surface area contributed by atoms with Gasteiger partial charge in [-0.25, -0.2) is 12.7 Å². The Hall–Kier alpha value is -2.52. The van der Waals surface area contributed by atoms with E-state index in [1.807, 2.05) is 0 Å². The smallest absolute Gasteiger partial charge is 0.269 e. The zero-order valence-corrected chi connectivity index (χ0v) is 24.1. The van der Waals surface area contributed by atoms with Crippen LogP contribution in [0.1, 0.15) is 0 Å². The topological polar surface area (TPSA) is 253 Å². The average molecular weight is 632 g/mol. The summed E-state index contributed by atoms with van der Waals surface area (Å²) >= 11 is 0. The van der Waals surface area contributed by atoms with Crippen LogP contribution in [0.2, 0.25) is 0 Å². The van der Waals surface area contributed by atoms with Crippen LogP contribution in [-0.2, 0) is 29.0 Å². The molecule has 2 aliphatic rings. The van der Waals surface area contributed by atoms with Gasteiger partial charge in [-0.3, -0.25) is 4.79 Å². The van der Waals surface area contributed by atoms with Gasteiger partial charge in [0.1, 0.15) is 48.8 Å². The van der Waals surface area contributed by atoms with E-state index in [1.165, 1.54) is 18.2 Å². The minimum Gasteiger partial charge on any atom is -0.394 e. The number of anilines is 1. The van der Waals surface area contributed by atoms with Crippen LogP contribution in [0.25, 0.3) is 10.8 Å². The normalized spacial score (nSPS) is 33.3. The van der Waals surface area contributed by atoms with Crippen molar-refractivity contribution >= 4 is 32.4 Å². The van der Waals surface area contributed by atoms with Gasteiger partial charge in [-0.1, -0.05) is 24.3 Å². The van der Waals surface area contributed by atoms with Crippen molar-refractivity contribution in [1.82, 2.24) is 4.31 Å². The summed E-state index contributed by atoms with van der Waals surface area (Å²) in [6.45, 7) is -2.54. The number of rotatable bonds is 9. The molecule has 240 valence electrons. The lowest BCUT2D eigenvalue weighted by Gasteiger charge is -2.47. The molecule has 0 aromatic heterocycles. The molecule has 2 aromatic rings. The maximum Gasteiger partial charge on any atom is 0.269 e. The third-order valence-electron chi connectivity index (χ3n) is 7.51. The number of nitrogens with two attached hydrogens (primary N) is 1. The highest BCUT2D eigenvalue weighted by Gasteiger charge is 2.54. The lowest BCUT2D eigenvalue weighted by molar-refractivity contribution is -0.345. The number of hydrogen-bond acceptors (Lipinski definition) is 15. The zero-order valence-electron chi connectivity index (χ0n) is 23.3. The van der Waals surface area contributed by atoms with E-state index in [0.29, 0.717) is 11.1 Å². The fraction of sp³-hybridized carbons (Fsp3) is 0.577. The molecule has 2 aromatic carbocycles. The number of fused-ring (bicyclic) bond motifs is 1. The molecule has 4 rings (SSSR count). The second-order valence-corrected chi connectivity index (χ2v) is 12.2. The predicted molar refractivity (Wildman–Crippen MR) is 148 cm³/mol. The molecule has 2 aliphatic heterocycles. The molecule has 0 radical (unpaired) electrons. The van der Waals surface area contributed by atoms with Gasteiger partial charge < -0.3 is 60.6 Å². The Morgan fingerprint density at radius 3 is 2.09 bits per heavy atom. The van der Waals surface area contributed by atoms with Crippen molar-refractivity contribution in [2.24, 2.45) is 5.73 Å². The fourth-order valence-corrected chi connectivity index (χ4v) is 6.96. The van der Waals surface area contributed by atoms with Crippen molar-refractivity contribution in [3.05, 3.63) is 36.4 Å². The lowest BCUT2D eigenvalue weighted by Crippen LogP contribution is -2.67. The van der Waals surface area contributed by atoms with Crippen LogP contribution in [0.4, 0.5) is 5.69 Å². The van der Waals surface area contributed by atoms with Gasteiger partial charge in [-0.05, 0) is 12.1 Å². The first-order valence-electron chi connectivity index (χ1n) is 13.3. The fourth-order valence-electron chi connectivity index (χ4n) is 5.25. The van der Waals surface area contributed by atoms with Crippen LogP contribution in [0.3, 0.4) is 0 Å². The van der Waals surface area contributed by atoms with Crippen LogP contribution in [0, 0.1) is 0 Å². The van der Waals surface area contributed by atoms with E-state index in [2.05, 4.69) is 0 Å². The van der Waals surface area contributed by atoms with Crippen molar-refractivity contribution in [3.8, 4) is 0 Å². The van der Waals surface area contributed by atoms with E-state index in [1.54, 1.807) is 37.2 Å². The van der Waals surface area contributed by atoms with Crippen molar-refractivity contribution in [1.29, 1.82) is 0 Å². The van der Waals surface area contributed by atoms with E-state index < -0.39 is 97.0 Å². The van der Waals surface area contributed by atoms with Gasteiger partial charge in [0.05, 0.1) is 24.7 Å². The van der Waals surface area contributed by atoms with Crippen LogP contribution in [0.15, 0.2) is 41.3 Å². The first kappa shape index (κ1) is 33.4. The van der Waals surface area contributed by atoms with Gasteiger partial charge in [0.15, 0.2) is 12.5 Å². The summed E-state index contributed by atoms with van der Waals surface area (Å²) in [5.74, 6) is -1.19. The number of carbonyl (C=O) groups is 1. The molecule has 2 fully saturated rings. The molecule has 2 saturated heterocycles. The highest BCUT2D eigenvalue weighted by atomic mass is 32.2. The van der Waals surface area contributed by atoms with E-state index in [0.717, 1.165) is 0 Å². The second kappa shape index (κ2) is 13.2. The van der Waals surface area contributed by atoms with Crippen molar-refractivity contribution < 1.29 is 63.2 Å². The highest BCUT2D eigenvalue weighted by molar-refractivity contribution is 7.90. The summed E-state index contributed by atoms with van der Waals surface area (Å²) in [6.07, 6.45) is -18.2. The Labute approximate surface area is 247 Å². The standard InChI is InChI=1S/C26H37N3O13S/c1-28(2)14-7-3-6-13-12(14)5-4-8-17(13)43(38,39)29(18(32)9-27)25-22(36)21(35)24(16(11-31)40-25)42-26-23(37)20(34)19(33)15(10-30)41-26/h3-8,15-16,19-26,30-31,33-37H,9-11,27H2,1-2H3/t15-,16-,19+,20+,21-,22-,23-,24-,25?,26+/m1/s1. The average Bonchev–Trinajstić information content (AvgIpc) is 2.99. The van der Waals surface area contributed by atoms with E-state index in [-0.39, 0.29) is 14.6 Å². The molecule has 0 spiro atoms. The molecule has 16 nitrogen and oxygen atoms in total. The monoisotopic (exact) mass is 631 g/mol. The van der Waals surface area contributed by atoms with Gasteiger partial charge in [0, 0.05) is 30.6 Å². The lowest BCUT2D eigenvalue weighted by atomic mass is 9.96. The van der Waals surface area contributed by atoms with Crippen molar-refractivity contribution in [2.45, 2.75) is 66.2 Å². The van der Waals surface area contributed by atoms with Gasteiger partial charge in [0.25, 0.3) is 15.9 Å². The zero-order chi connectivity index (χ0) is 31.8. The summed E-state index contributed by atoms with van der Waals surface area (Å²) in [7, 11) is -1.29. The molecule has 0 saturated carbocycles. The Balaban J connectivity index is 1.70. The maximum atomic E-state index is 14.1. The van der Waals surface area contributed by atoms with Crippen LogP contribution in [0.5, 0.6) is 0 Å². The van der Waals surface area contributed by atoms with E-state index >= 15 is 0 Å². The molecular weight excluding hydrogens is 594 g/mol. The number of hydrogen-bond donors (Lipinski definition) is 8. The molecule has 1 amide bonds. The molecule has 0 bridgehead atoms. The largest absolute Gasteiger partial charge is 0.394 e. The third kappa shape index (κ3) is 6.08. The number of sulfonamides is 1. The van der Waals surface area contributed by atoms with Crippen LogP contribution < -0.4 is 10.6 Å². The van der Waals surface area contributed by atoms with Crippen molar-refractivity contribution in [2.75, 3.05) is 38.8 Å². The molecule has 9 N–H and O–H groups in total. The first-order valence-corrected chi connectivity index (χ1v) is 14.8. The molecule has 10 atom stereocenters. The molecule has 17 heteroatoms. The number of aliphatic hydroxyl groups is 7. The molecular formula is C26H37N3O13S. The molecule has 1 unspecified atom stereocenters. The summed E-state index contributed by atoms with van der Waals surface area (Å²) in [4.78, 5) is 14.5. The number of amides is 1. The number of nitrogens with zero attached hydrogens (tertiary/aromatic N) is 2. The molecule has 0 aliphatic carbocycles. The summed E-state index contributed by atoms with van der Waals surface area (Å²) in [5.41, 5.74) is 6.23. The van der Waals surface area contributed by atoms with Crippen LogP contribution in [-0.4, -0.2) is 150 Å². The second-order valence-electron chi connectivity index (χ2n) is 10.4. The van der Waals surface area contributed by atoms with Gasteiger partial charge in [0.2, 0.25) is 0 Å². The van der Waals surface area contributed by atoms with E-state index in [9.17, 15) is 49.0 Å². The van der Waals surface area contributed by atoms with Crippen LogP contribution >= 0.6 is 0 Å². The van der Waals surface area contributed by atoms with Gasteiger partial charge in [-0.2, -0.15) is 0 Å². The first-order chi connectivity index (χ1) is 20.3. The summed E-state index contributed by atoms with van der Waals surface area (Å²) in [6, 6.07) is 9.36. The molecule has 2 heterocycles. The van der Waals surface area contributed by atoms with E-state index in [4.69, 9.17) is 19.9 Å². The maximum absolute atomic E-state index is 14.1. The number of ether oxygens (including phenoxy) is 3. The highest BCUT2D eigenvalue weighted by Crippen LogP contribution is 2.35. The third-order valence-corrected chi connectivity index (χ3v) is 9.35. The summed E-state index contributed by atoms with van der Waals surface area (Å²) in [5, 5.41) is 72.9. The SMILES string of the molecule is CN(C)c1cccc2c(S(=O)(=O)N(C(=O)CN)C3O[C@H](CO)[C@@H](O[C@@H]4O[C@H](CO)[C@H](O)[C@H](O)[C@H]4O)[C@H](O)[C@H]3O)cccc12. The minimum absolute atomic E-state index is 0.213. The Kier molecular flexibility index (Phi) is 10.3. The Morgan fingerprint density at radius 1 is 0.860 bits per heavy atom. The van der Waals surface area contributed by atoms with Crippen molar-refractivity contribution in [3.63, 3.8) is 0 Å². The van der Waals surface area contributed by atoms with Gasteiger partial charge in [-0.15, -0.1) is 0 Å². The minimum atomic E-state index is -4.83. The predicted octanol–water partition coefficient (Wildman–Crippen LogP) is -3.99. The Morgan fingerprint density at radius 2 is 1.49 bits per heavy atom. The number of benzene rings is 2. The number of carbonyl (C=O) groups excluding carboxylic acids is 1. The summed E-state index contributed by atoms with van der Waals surface area (Å²) < 4.78 is 44.9. The van der Waals surface area contributed by atoms with Gasteiger partial charge >= 0.3 is 0 Å². The molecule has 43 heavy (non-hydrogen) atoms. The Bertz CT molecular complexity index is 1390.